The molecule has 0 atom stereocenters. The molecule has 0 aliphatic heterocycles. The minimum absolute atomic E-state index is 0.290. The summed E-state index contributed by atoms with van der Waals surface area (Å²) in [6.07, 6.45) is 3.85. The van der Waals surface area contributed by atoms with Crippen LogP contribution in [0.2, 0.25) is 0 Å². The largest absolute Gasteiger partial charge is 0.352 e. The predicted molar refractivity (Wildman–Crippen MR) is 92.1 cm³/mol. The van der Waals surface area contributed by atoms with Crippen LogP contribution in [0.1, 0.15) is 47.3 Å². The molecule has 0 bridgehead atoms. The van der Waals surface area contributed by atoms with Gasteiger partial charge in [0.2, 0.25) is 5.89 Å². The maximum atomic E-state index is 12.3. The average molecular weight is 355 g/mol. The van der Waals surface area contributed by atoms with Gasteiger partial charge in [0.05, 0.1) is 11.0 Å². The lowest BCUT2D eigenvalue weighted by molar-refractivity contribution is 0.0954. The monoisotopic (exact) mass is 355 g/mol. The average Bonchev–Trinajstić information content (AvgIpc) is 3.02. The van der Waals surface area contributed by atoms with E-state index in [2.05, 4.69) is 25.4 Å². The van der Waals surface area contributed by atoms with Gasteiger partial charge in [0.15, 0.2) is 5.82 Å². The molecule has 0 saturated heterocycles. The smallest absolute Gasteiger partial charge is 0.314 e. The zero-order chi connectivity index (χ0) is 18.1. The molecule has 1 amide bonds. The number of hydrogen-bond acceptors (Lipinski definition) is 6. The summed E-state index contributed by atoms with van der Waals surface area (Å²) in [4.78, 5) is 44.2. The van der Waals surface area contributed by atoms with Gasteiger partial charge in [-0.3, -0.25) is 14.4 Å². The van der Waals surface area contributed by atoms with Crippen molar-refractivity contribution in [1.29, 1.82) is 0 Å². The molecule has 1 fully saturated rings. The zero-order valence-electron chi connectivity index (χ0n) is 13.9. The summed E-state index contributed by atoms with van der Waals surface area (Å²) in [5.74, 6) is 1.36. The lowest BCUT2D eigenvalue weighted by Crippen LogP contribution is -2.29. The molecule has 26 heavy (non-hydrogen) atoms. The van der Waals surface area contributed by atoms with Crippen molar-refractivity contribution >= 4 is 16.9 Å². The molecular weight excluding hydrogens is 338 g/mol. The first-order valence-corrected chi connectivity index (χ1v) is 8.47. The Morgan fingerprint density at radius 1 is 1.19 bits per heavy atom. The van der Waals surface area contributed by atoms with Crippen molar-refractivity contribution in [3.63, 3.8) is 0 Å². The lowest BCUT2D eigenvalue weighted by atomic mass is 9.85. The molecule has 3 N–H and O–H groups in total. The molecule has 9 heteroatoms. The number of carbonyl (C=O) groups is 1. The van der Waals surface area contributed by atoms with Crippen LogP contribution in [-0.4, -0.2) is 32.6 Å². The highest BCUT2D eigenvalue weighted by Crippen LogP contribution is 2.35. The zero-order valence-corrected chi connectivity index (χ0v) is 13.9. The summed E-state index contributed by atoms with van der Waals surface area (Å²) < 4.78 is 5.24. The summed E-state index contributed by atoms with van der Waals surface area (Å²) in [5.41, 5.74) is -0.249. The number of hydrogen-bond donors (Lipinski definition) is 3. The third-order valence-corrected chi connectivity index (χ3v) is 4.56. The highest BCUT2D eigenvalue weighted by atomic mass is 16.5. The first-order chi connectivity index (χ1) is 12.6. The molecule has 0 unspecified atom stereocenters. The Kier molecular flexibility index (Phi) is 4.11. The van der Waals surface area contributed by atoms with E-state index in [0.29, 0.717) is 47.2 Å². The lowest BCUT2D eigenvalue weighted by Gasteiger charge is -2.20. The quantitative estimate of drug-likeness (QED) is 0.581. The fourth-order valence-corrected chi connectivity index (χ4v) is 2.84. The molecule has 4 rings (SSSR count). The number of H-pyrrole nitrogens is 2. The fourth-order valence-electron chi connectivity index (χ4n) is 2.84. The summed E-state index contributed by atoms with van der Waals surface area (Å²) in [7, 11) is 0. The molecule has 1 aliphatic carbocycles. The summed E-state index contributed by atoms with van der Waals surface area (Å²) in [6.45, 7) is 0.364. The predicted octanol–water partition coefficient (Wildman–Crippen LogP) is 0.839. The van der Waals surface area contributed by atoms with E-state index in [-0.39, 0.29) is 5.91 Å². The normalized spacial score (nSPS) is 14.3. The van der Waals surface area contributed by atoms with Crippen LogP contribution >= 0.6 is 0 Å². The Labute approximate surface area is 146 Å². The maximum absolute atomic E-state index is 12.3. The molecule has 134 valence electrons. The Morgan fingerprint density at radius 2 is 1.96 bits per heavy atom. The molecule has 9 nitrogen and oxygen atoms in total. The molecule has 2 heterocycles. The summed E-state index contributed by atoms with van der Waals surface area (Å²) >= 11 is 0. The van der Waals surface area contributed by atoms with E-state index >= 15 is 0 Å². The second kappa shape index (κ2) is 6.58. The highest BCUT2D eigenvalue weighted by molar-refractivity contribution is 5.97. The van der Waals surface area contributed by atoms with E-state index in [0.717, 1.165) is 12.8 Å². The second-order valence-electron chi connectivity index (χ2n) is 6.35. The van der Waals surface area contributed by atoms with Crippen LogP contribution in [0.3, 0.4) is 0 Å². The number of nitrogens with one attached hydrogen (secondary N) is 3. The van der Waals surface area contributed by atoms with Crippen LogP contribution in [0.15, 0.2) is 32.3 Å². The van der Waals surface area contributed by atoms with E-state index in [4.69, 9.17) is 4.52 Å². The van der Waals surface area contributed by atoms with Gasteiger partial charge in [-0.15, -0.1) is 0 Å². The Balaban J connectivity index is 1.39. The first-order valence-electron chi connectivity index (χ1n) is 8.47. The van der Waals surface area contributed by atoms with Crippen molar-refractivity contribution in [2.24, 2.45) is 0 Å². The topological polar surface area (TPSA) is 134 Å². The van der Waals surface area contributed by atoms with Gasteiger partial charge < -0.3 is 19.8 Å². The van der Waals surface area contributed by atoms with Crippen LogP contribution in [0.25, 0.3) is 11.0 Å². The molecule has 2 aromatic heterocycles. The van der Waals surface area contributed by atoms with Gasteiger partial charge >= 0.3 is 11.1 Å². The van der Waals surface area contributed by atoms with E-state index in [9.17, 15) is 14.4 Å². The molecule has 3 aromatic rings. The SMILES string of the molecule is O=C(NCCc1noc(C2CCC2)n1)c1ccc2[nH]c(=O)c(=O)[nH]c2c1. The molecule has 1 saturated carbocycles. The van der Waals surface area contributed by atoms with Crippen molar-refractivity contribution < 1.29 is 9.32 Å². The van der Waals surface area contributed by atoms with Gasteiger partial charge in [-0.05, 0) is 31.0 Å². The van der Waals surface area contributed by atoms with Gasteiger partial charge in [0.25, 0.3) is 5.91 Å². The molecule has 0 spiro atoms. The van der Waals surface area contributed by atoms with Gasteiger partial charge in [0, 0.05) is 24.4 Å². The van der Waals surface area contributed by atoms with Crippen molar-refractivity contribution in [3.8, 4) is 0 Å². The molecular formula is C17H17N5O4. The van der Waals surface area contributed by atoms with Crippen molar-refractivity contribution in [3.05, 3.63) is 56.2 Å². The van der Waals surface area contributed by atoms with E-state index < -0.39 is 11.1 Å². The molecule has 1 aliphatic rings. The summed E-state index contributed by atoms with van der Waals surface area (Å²) in [6, 6.07) is 4.67. The van der Waals surface area contributed by atoms with Crippen molar-refractivity contribution in [2.75, 3.05) is 6.54 Å². The molecule has 1 aromatic carbocycles. The summed E-state index contributed by atoms with van der Waals surface area (Å²) in [5, 5.41) is 6.72. The number of aromatic amines is 2. The number of fused-ring (bicyclic) bond motifs is 1. The minimum atomic E-state index is -0.755. The van der Waals surface area contributed by atoms with E-state index in [1.54, 1.807) is 12.1 Å². The molecule has 0 radical (unpaired) electrons. The first kappa shape index (κ1) is 16.2. The standard InChI is InChI=1S/C17H17N5O4/c23-14(10-4-5-11-12(8-10)20-16(25)15(24)19-11)18-7-6-13-21-17(26-22-13)9-2-1-3-9/h4-5,8-9H,1-3,6-7H2,(H,18,23)(H,19,24)(H,20,25). The van der Waals surface area contributed by atoms with Gasteiger partial charge in [0.1, 0.15) is 0 Å². The number of benzene rings is 1. The van der Waals surface area contributed by atoms with E-state index in [1.165, 1.54) is 12.5 Å². The fraction of sp³-hybridized carbons (Fsp3) is 0.353. The van der Waals surface area contributed by atoms with Gasteiger partial charge in [-0.25, -0.2) is 0 Å². The Morgan fingerprint density at radius 3 is 2.69 bits per heavy atom. The Hall–Kier alpha value is -3.23. The number of carbonyl (C=O) groups excluding carboxylic acids is 1. The van der Waals surface area contributed by atoms with Crippen molar-refractivity contribution in [1.82, 2.24) is 25.4 Å². The van der Waals surface area contributed by atoms with E-state index in [1.807, 2.05) is 0 Å². The number of rotatable bonds is 5. The maximum Gasteiger partial charge on any atom is 0.314 e. The van der Waals surface area contributed by atoms with Gasteiger partial charge in [-0.2, -0.15) is 4.98 Å². The van der Waals surface area contributed by atoms with Crippen LogP contribution in [0, 0.1) is 0 Å². The highest BCUT2D eigenvalue weighted by Gasteiger charge is 2.25. The Bertz CT molecular complexity index is 1080. The number of aromatic nitrogens is 4. The van der Waals surface area contributed by atoms with Crippen LogP contribution in [0.5, 0.6) is 0 Å². The third kappa shape index (κ3) is 3.15. The number of amides is 1. The van der Waals surface area contributed by atoms with Crippen LogP contribution in [-0.2, 0) is 6.42 Å². The minimum Gasteiger partial charge on any atom is -0.352 e. The van der Waals surface area contributed by atoms with Crippen molar-refractivity contribution in [2.45, 2.75) is 31.6 Å². The van der Waals surface area contributed by atoms with Crippen LogP contribution < -0.4 is 16.4 Å². The van der Waals surface area contributed by atoms with Crippen LogP contribution in [0.4, 0.5) is 0 Å². The third-order valence-electron chi connectivity index (χ3n) is 4.56. The second-order valence-corrected chi connectivity index (χ2v) is 6.35. The van der Waals surface area contributed by atoms with Gasteiger partial charge in [-0.1, -0.05) is 11.6 Å². The number of nitrogens with zero attached hydrogens (tertiary/aromatic N) is 2.